The van der Waals surface area contributed by atoms with Gasteiger partial charge in [0.25, 0.3) is 15.9 Å². The number of amides is 1. The second-order valence-corrected chi connectivity index (χ2v) is 8.76. The molecule has 0 aliphatic rings. The van der Waals surface area contributed by atoms with Crippen molar-refractivity contribution in [1.82, 2.24) is 10.2 Å². The molecule has 2 aromatic carbocycles. The van der Waals surface area contributed by atoms with Crippen LogP contribution in [0.15, 0.2) is 47.4 Å². The van der Waals surface area contributed by atoms with Crippen LogP contribution in [0.2, 0.25) is 0 Å². The molecule has 0 aromatic heterocycles. The number of aryl methyl sites for hydroxylation is 1. The highest BCUT2D eigenvalue weighted by atomic mass is 32.2. The number of halogens is 1. The number of carbonyl (C=O) groups excluding carboxylic acids is 1. The first-order chi connectivity index (χ1) is 13.6. The molecule has 0 fully saturated rings. The summed E-state index contributed by atoms with van der Waals surface area (Å²) in [6.45, 7) is 9.93. The van der Waals surface area contributed by atoms with Gasteiger partial charge in [0.2, 0.25) is 0 Å². The van der Waals surface area contributed by atoms with Crippen molar-refractivity contribution in [3.63, 3.8) is 0 Å². The number of hydrogen-bond acceptors (Lipinski definition) is 4. The molecule has 0 unspecified atom stereocenters. The number of rotatable bonds is 9. The standard InChI is InChI=1S/C21H28FN3O3S/c1-5-25(15(2)3)12-11-23-21(26)17-7-6-8-18(13-17)24-29(27,28)19-10-9-16(4)20(22)14-19/h6-10,13-15,24H,5,11-12H2,1-4H3,(H,23,26). The molecule has 158 valence electrons. The van der Waals surface area contributed by atoms with Gasteiger partial charge in [0, 0.05) is 30.4 Å². The Bertz CT molecular complexity index is 961. The number of likely N-dealkylation sites (N-methyl/N-ethyl adjacent to an activating group) is 1. The van der Waals surface area contributed by atoms with Crippen molar-refractivity contribution < 1.29 is 17.6 Å². The summed E-state index contributed by atoms with van der Waals surface area (Å²) in [7, 11) is -3.96. The number of anilines is 1. The minimum absolute atomic E-state index is 0.177. The Morgan fingerprint density at radius 1 is 1.17 bits per heavy atom. The largest absolute Gasteiger partial charge is 0.351 e. The molecule has 0 saturated carbocycles. The quantitative estimate of drug-likeness (QED) is 0.651. The number of carbonyl (C=O) groups is 1. The van der Waals surface area contributed by atoms with Crippen LogP contribution in [0.1, 0.15) is 36.7 Å². The maximum Gasteiger partial charge on any atom is 0.261 e. The lowest BCUT2D eigenvalue weighted by molar-refractivity contribution is 0.0946. The first-order valence-electron chi connectivity index (χ1n) is 9.55. The smallest absolute Gasteiger partial charge is 0.261 e. The van der Waals surface area contributed by atoms with E-state index in [1.54, 1.807) is 19.1 Å². The molecule has 2 rings (SSSR count). The van der Waals surface area contributed by atoms with E-state index >= 15 is 0 Å². The maximum absolute atomic E-state index is 13.7. The molecule has 29 heavy (non-hydrogen) atoms. The van der Waals surface area contributed by atoms with E-state index in [4.69, 9.17) is 0 Å². The summed E-state index contributed by atoms with van der Waals surface area (Å²) >= 11 is 0. The van der Waals surface area contributed by atoms with Gasteiger partial charge in [-0.1, -0.05) is 19.1 Å². The lowest BCUT2D eigenvalue weighted by Crippen LogP contribution is -2.38. The van der Waals surface area contributed by atoms with Gasteiger partial charge in [0.15, 0.2) is 0 Å². The first kappa shape index (κ1) is 22.8. The van der Waals surface area contributed by atoms with Crippen molar-refractivity contribution >= 4 is 21.6 Å². The molecule has 0 saturated heterocycles. The normalized spacial score (nSPS) is 11.7. The number of nitrogens with zero attached hydrogens (tertiary/aromatic N) is 1. The van der Waals surface area contributed by atoms with Gasteiger partial charge in [0.1, 0.15) is 5.82 Å². The van der Waals surface area contributed by atoms with Crippen LogP contribution in [0.25, 0.3) is 0 Å². The van der Waals surface area contributed by atoms with Crippen molar-refractivity contribution in [3.8, 4) is 0 Å². The summed E-state index contributed by atoms with van der Waals surface area (Å²) in [6.07, 6.45) is 0. The molecule has 0 heterocycles. The second-order valence-electron chi connectivity index (χ2n) is 7.08. The fourth-order valence-corrected chi connectivity index (χ4v) is 3.94. The van der Waals surface area contributed by atoms with Gasteiger partial charge in [-0.2, -0.15) is 0 Å². The summed E-state index contributed by atoms with van der Waals surface area (Å²) in [4.78, 5) is 14.4. The third-order valence-electron chi connectivity index (χ3n) is 4.65. The van der Waals surface area contributed by atoms with Crippen LogP contribution in [0, 0.1) is 12.7 Å². The lowest BCUT2D eigenvalue weighted by Gasteiger charge is -2.24. The zero-order valence-corrected chi connectivity index (χ0v) is 18.0. The highest BCUT2D eigenvalue weighted by Crippen LogP contribution is 2.19. The fourth-order valence-electron chi connectivity index (χ4n) is 2.88. The minimum Gasteiger partial charge on any atom is -0.351 e. The third kappa shape index (κ3) is 6.27. The Morgan fingerprint density at radius 2 is 1.90 bits per heavy atom. The van der Waals surface area contributed by atoms with E-state index in [-0.39, 0.29) is 16.5 Å². The number of hydrogen-bond donors (Lipinski definition) is 2. The van der Waals surface area contributed by atoms with Crippen molar-refractivity contribution in [2.75, 3.05) is 24.4 Å². The van der Waals surface area contributed by atoms with Crippen LogP contribution in [-0.2, 0) is 10.0 Å². The molecule has 0 spiro atoms. The highest BCUT2D eigenvalue weighted by Gasteiger charge is 2.17. The molecule has 6 nitrogen and oxygen atoms in total. The molecule has 0 atom stereocenters. The number of benzene rings is 2. The lowest BCUT2D eigenvalue weighted by atomic mass is 10.2. The third-order valence-corrected chi connectivity index (χ3v) is 6.03. The molecule has 0 aliphatic heterocycles. The topological polar surface area (TPSA) is 78.5 Å². The molecular weight excluding hydrogens is 393 g/mol. The number of sulfonamides is 1. The molecule has 2 aromatic rings. The Kier molecular flexibility index (Phi) is 7.75. The van der Waals surface area contributed by atoms with E-state index in [9.17, 15) is 17.6 Å². The predicted octanol–water partition coefficient (Wildman–Crippen LogP) is 3.40. The van der Waals surface area contributed by atoms with E-state index in [0.29, 0.717) is 23.7 Å². The van der Waals surface area contributed by atoms with E-state index in [1.165, 1.54) is 24.3 Å². The molecule has 0 bridgehead atoms. The van der Waals surface area contributed by atoms with Gasteiger partial charge in [-0.15, -0.1) is 0 Å². The van der Waals surface area contributed by atoms with Crippen molar-refractivity contribution in [2.45, 2.75) is 38.6 Å². The van der Waals surface area contributed by atoms with Crippen molar-refractivity contribution in [3.05, 3.63) is 59.4 Å². The Hall–Kier alpha value is -2.45. The first-order valence-corrected chi connectivity index (χ1v) is 11.0. The maximum atomic E-state index is 13.7. The summed E-state index contributed by atoms with van der Waals surface area (Å²) < 4.78 is 41.1. The minimum atomic E-state index is -3.96. The zero-order valence-electron chi connectivity index (χ0n) is 17.2. The van der Waals surface area contributed by atoms with Crippen LogP contribution in [0.4, 0.5) is 10.1 Å². The van der Waals surface area contributed by atoms with Crippen molar-refractivity contribution in [2.24, 2.45) is 0 Å². The second kappa shape index (κ2) is 9.84. The van der Waals surface area contributed by atoms with E-state index < -0.39 is 15.8 Å². The molecular formula is C21H28FN3O3S. The Balaban J connectivity index is 2.06. The predicted molar refractivity (Wildman–Crippen MR) is 113 cm³/mol. The monoisotopic (exact) mass is 421 g/mol. The highest BCUT2D eigenvalue weighted by molar-refractivity contribution is 7.92. The zero-order chi connectivity index (χ0) is 21.6. The van der Waals surface area contributed by atoms with Crippen LogP contribution >= 0.6 is 0 Å². The Labute approximate surface area is 172 Å². The van der Waals surface area contributed by atoms with Gasteiger partial charge in [-0.25, -0.2) is 12.8 Å². The van der Waals surface area contributed by atoms with Gasteiger partial charge in [0.05, 0.1) is 4.90 Å². The van der Waals surface area contributed by atoms with Gasteiger partial charge in [-0.05, 0) is 63.2 Å². The van der Waals surface area contributed by atoms with Crippen LogP contribution in [0.3, 0.4) is 0 Å². The Morgan fingerprint density at radius 3 is 2.52 bits per heavy atom. The molecule has 0 radical (unpaired) electrons. The SMILES string of the molecule is CCN(CCNC(=O)c1cccc(NS(=O)(=O)c2ccc(C)c(F)c2)c1)C(C)C. The fraction of sp³-hybridized carbons (Fsp3) is 0.381. The summed E-state index contributed by atoms with van der Waals surface area (Å²) in [5.41, 5.74) is 0.936. The summed E-state index contributed by atoms with van der Waals surface area (Å²) in [5.74, 6) is -0.879. The van der Waals surface area contributed by atoms with E-state index in [0.717, 1.165) is 19.2 Å². The molecule has 8 heteroatoms. The van der Waals surface area contributed by atoms with Gasteiger partial charge >= 0.3 is 0 Å². The summed E-state index contributed by atoms with van der Waals surface area (Å²) in [5, 5.41) is 2.85. The van der Waals surface area contributed by atoms with Gasteiger partial charge < -0.3 is 5.32 Å². The van der Waals surface area contributed by atoms with Crippen LogP contribution in [-0.4, -0.2) is 44.9 Å². The molecule has 0 aliphatic carbocycles. The van der Waals surface area contributed by atoms with E-state index in [2.05, 4.69) is 35.7 Å². The van der Waals surface area contributed by atoms with Crippen molar-refractivity contribution in [1.29, 1.82) is 0 Å². The van der Waals surface area contributed by atoms with E-state index in [1.807, 2.05) is 0 Å². The van der Waals surface area contributed by atoms with Crippen LogP contribution in [0.5, 0.6) is 0 Å². The molecule has 2 N–H and O–H groups in total. The summed E-state index contributed by atoms with van der Waals surface area (Å²) in [6, 6.07) is 10.3. The van der Waals surface area contributed by atoms with Crippen LogP contribution < -0.4 is 10.0 Å². The molecule has 1 amide bonds. The average molecular weight is 422 g/mol. The average Bonchev–Trinajstić information content (AvgIpc) is 2.66. The number of nitrogens with one attached hydrogen (secondary N) is 2. The van der Waals surface area contributed by atoms with Gasteiger partial charge in [-0.3, -0.25) is 14.4 Å².